The molecule has 18 atom stereocenters. The highest BCUT2D eigenvalue weighted by molar-refractivity contribution is 6.32. The summed E-state index contributed by atoms with van der Waals surface area (Å²) < 4.78 is 54.6. The molecular formula is C80H87Cl3FN13O26. The molecule has 43 heteroatoms. The summed E-state index contributed by atoms with van der Waals surface area (Å²) in [6, 6.07) is 4.09. The van der Waals surface area contributed by atoms with E-state index in [1.54, 1.807) is 20.8 Å². The van der Waals surface area contributed by atoms with Crippen LogP contribution in [0.1, 0.15) is 111 Å². The quantitative estimate of drug-likeness (QED) is 0.0379. The average Bonchev–Trinajstić information content (AvgIpc) is 0.757. The van der Waals surface area contributed by atoms with E-state index in [0.717, 1.165) is 78.9 Å². The molecule has 0 spiro atoms. The molecule has 16 unspecified atom stereocenters. The number of carbonyl (C=O) groups excluding carboxylic acids is 9. The standard InChI is InChI=1S/C80H87Cl3FN13O26/c1-31(2)18-45(86-5)71(109)94-62-64(104)35-8-12-49(42(82)22-35)119-51-24-37-25-52(68(51)123-78-69(67(107)66(106)53(30-98)121-78)122-57-29-80(4,70(108)32(3)118-57)87-15-17-97-16-14-55(90-79(97)116)89-56(103)20-33-6-10-41(81)44(84)19-33)120-50-13-9-36(23-43(50)83)65(105)63-76(114)93-61(77(115)96-117)40-26-38(99)27-48(101)58(40)39-21-34(7-11-47(39)100)59(73(111)95-63)92-74(112)60(37)91-72(110)46(28-54(85)102)88-75(62)113/h6-14,16,19,21-27,31-32,45-46,53,57,59-67,69-70,78,86-87,98-101,104-108,117H,15,17-18,20,28-30H2,1-5H3,(H2,85,102)(H,88,113)(H,91,110)(H,92,112)(H,93,114)(H,94,109)(H,95,111)(H,96,115)(H,89,90,103,116)/t32?,45?,46?,53?,57?,59?,60?,61-,62?,63?,64?,65?,66?,67?,69?,70?,78?,80+/m1/s1. The first-order valence-electron chi connectivity index (χ1n) is 38.3. The Morgan fingerprint density at radius 2 is 1.37 bits per heavy atom. The lowest BCUT2D eigenvalue weighted by molar-refractivity contribution is -0.334. The minimum absolute atomic E-state index is 0.0662. The van der Waals surface area contributed by atoms with Crippen LogP contribution in [0.3, 0.4) is 0 Å². The minimum atomic E-state index is -2.41. The number of anilines is 1. The second-order valence-corrected chi connectivity index (χ2v) is 31.7. The number of hydroxylamine groups is 1. The van der Waals surface area contributed by atoms with Gasteiger partial charge in [-0.15, -0.1) is 0 Å². The van der Waals surface area contributed by atoms with Crippen molar-refractivity contribution in [2.45, 2.75) is 169 Å². The van der Waals surface area contributed by atoms with Gasteiger partial charge in [0.05, 0.1) is 52.8 Å². The molecule has 39 nitrogen and oxygen atoms in total. The van der Waals surface area contributed by atoms with E-state index in [1.807, 2.05) is 0 Å². The number of aromatic nitrogens is 2. The first-order chi connectivity index (χ1) is 58.3. The largest absolute Gasteiger partial charge is 0.508 e. The van der Waals surface area contributed by atoms with Gasteiger partial charge in [0.1, 0.15) is 107 Å². The highest BCUT2D eigenvalue weighted by atomic mass is 35.5. The van der Waals surface area contributed by atoms with Gasteiger partial charge in [-0.2, -0.15) is 4.98 Å². The number of amides is 9. The second kappa shape index (κ2) is 38.1. The van der Waals surface area contributed by atoms with Crippen LogP contribution in [0, 0.1) is 11.7 Å². The maximum atomic E-state index is 16.2. The van der Waals surface area contributed by atoms with Crippen LogP contribution in [0.15, 0.2) is 114 Å². The van der Waals surface area contributed by atoms with Gasteiger partial charge in [-0.1, -0.05) is 72.9 Å². The number of aromatic hydroxyl groups is 3. The number of nitrogens with zero attached hydrogens (tertiary/aromatic N) is 2. The smallest absolute Gasteiger partial charge is 0.349 e. The molecule has 7 aliphatic heterocycles. The number of phenols is 3. The lowest BCUT2D eigenvalue weighted by atomic mass is 9.85. The normalized spacial score (nSPS) is 26.2. The van der Waals surface area contributed by atoms with Crippen molar-refractivity contribution in [3.63, 3.8) is 0 Å². The molecule has 656 valence electrons. The maximum absolute atomic E-state index is 16.2. The van der Waals surface area contributed by atoms with Crippen molar-refractivity contribution in [2.75, 3.05) is 25.5 Å². The zero-order valence-corrected chi connectivity index (χ0v) is 68.0. The zero-order valence-electron chi connectivity index (χ0n) is 65.7. The number of aliphatic hydroxyl groups is 6. The van der Waals surface area contributed by atoms with E-state index in [2.05, 4.69) is 52.8 Å². The number of hydrogen-bond acceptors (Lipinski definition) is 29. The summed E-state index contributed by atoms with van der Waals surface area (Å²) in [4.78, 5) is 149. The van der Waals surface area contributed by atoms with E-state index in [1.165, 1.54) is 54.5 Å². The number of hydrogen-bond donors (Lipinski definition) is 21. The molecule has 11 bridgehead atoms. The summed E-state index contributed by atoms with van der Waals surface area (Å²) in [5.74, 6) is -17.6. The van der Waals surface area contributed by atoms with Gasteiger partial charge in [-0.25, -0.2) is 14.7 Å². The van der Waals surface area contributed by atoms with E-state index >= 15 is 19.2 Å². The van der Waals surface area contributed by atoms with Crippen molar-refractivity contribution in [1.29, 1.82) is 0 Å². The van der Waals surface area contributed by atoms with Crippen molar-refractivity contribution in [2.24, 2.45) is 11.7 Å². The summed E-state index contributed by atoms with van der Waals surface area (Å²) in [5.41, 5.74) is 2.24. The summed E-state index contributed by atoms with van der Waals surface area (Å²) in [7, 11) is 1.46. The van der Waals surface area contributed by atoms with Crippen LogP contribution in [0.5, 0.6) is 46.0 Å². The highest BCUT2D eigenvalue weighted by Gasteiger charge is 2.52. The lowest BCUT2D eigenvalue weighted by Gasteiger charge is -2.48. The summed E-state index contributed by atoms with van der Waals surface area (Å²) in [5, 5.41) is 138. The Labute approximate surface area is 712 Å². The highest BCUT2D eigenvalue weighted by Crippen LogP contribution is 2.50. The molecule has 9 amide bonds. The van der Waals surface area contributed by atoms with Crippen LogP contribution in [-0.4, -0.2) is 213 Å². The molecule has 1 aromatic heterocycles. The number of benzene rings is 6. The van der Waals surface area contributed by atoms with Crippen LogP contribution >= 0.6 is 34.8 Å². The Kier molecular flexibility index (Phi) is 28.1. The van der Waals surface area contributed by atoms with Crippen LogP contribution in [0.2, 0.25) is 15.1 Å². The van der Waals surface area contributed by atoms with E-state index in [9.17, 15) is 84.3 Å². The lowest BCUT2D eigenvalue weighted by Crippen LogP contribution is -2.65. The number of halogens is 4. The van der Waals surface area contributed by atoms with Gasteiger partial charge in [0.15, 0.2) is 23.9 Å². The first-order valence-corrected chi connectivity index (χ1v) is 39.4. The molecule has 8 heterocycles. The molecule has 6 aromatic carbocycles. The van der Waals surface area contributed by atoms with E-state index in [-0.39, 0.29) is 65.8 Å². The van der Waals surface area contributed by atoms with Gasteiger partial charge in [-0.05, 0) is 139 Å². The van der Waals surface area contributed by atoms with Gasteiger partial charge in [0.25, 0.3) is 5.91 Å². The monoisotopic (exact) mass is 1770 g/mol. The molecule has 0 radical (unpaired) electrons. The fourth-order valence-electron chi connectivity index (χ4n) is 14.9. The maximum Gasteiger partial charge on any atom is 0.349 e. The molecule has 7 aliphatic rings. The Balaban J connectivity index is 0.995. The predicted octanol–water partition coefficient (Wildman–Crippen LogP) is 1.39. The Hall–Kier alpha value is -11.5. The van der Waals surface area contributed by atoms with E-state index in [0.29, 0.717) is 5.56 Å². The fraction of sp³-hybridized carbons (Fsp3) is 0.388. The zero-order chi connectivity index (χ0) is 89.1. The van der Waals surface area contributed by atoms with Gasteiger partial charge >= 0.3 is 5.69 Å². The number of nitrogens with one attached hydrogen (secondary N) is 10. The molecule has 0 saturated carbocycles. The van der Waals surface area contributed by atoms with Gasteiger partial charge in [0.2, 0.25) is 59.3 Å². The predicted molar refractivity (Wildman–Crippen MR) is 428 cm³/mol. The third-order valence-corrected chi connectivity index (χ3v) is 22.1. The number of rotatable bonds is 20. The van der Waals surface area contributed by atoms with Crippen LogP contribution in [0.4, 0.5) is 10.2 Å². The number of primary amides is 1. The summed E-state index contributed by atoms with van der Waals surface area (Å²) in [6.45, 7) is 5.46. The molecule has 2 fully saturated rings. The number of fused-ring (bicyclic) bond motifs is 15. The third kappa shape index (κ3) is 20.3. The minimum Gasteiger partial charge on any atom is -0.508 e. The second-order valence-electron chi connectivity index (χ2n) is 30.5. The SMILES string of the molecule is CNC(CC(C)C)C(=O)NC1C(=O)NC(CC(N)=O)C(=O)NC2C(=O)NC3C(=O)NC(C(=O)N[C@@H](C(=O)NO)c4cc(O)cc(O)c4-c4cc3ccc4O)C(O)c3ccc(c(Cl)c3)Oc3cc2cc(c3OC2OC(CO)C(O)C(O)C2OC2C[C@](C)(NCCn3ccc(NC(=O)Cc4ccc(Cl)c(F)c4)nc3=O)C(O)C(C)O2)Oc2ccc(cc2Cl)C1O. The van der Waals surface area contributed by atoms with Crippen molar-refractivity contribution in [3.05, 3.63) is 174 Å². The van der Waals surface area contributed by atoms with E-state index in [4.69, 9.17) is 69.0 Å². The number of carbonyl (C=O) groups is 9. The number of nitrogens with two attached hydrogens (primary N) is 1. The van der Waals surface area contributed by atoms with Crippen molar-refractivity contribution in [3.8, 4) is 57.1 Å². The van der Waals surface area contributed by atoms with Crippen molar-refractivity contribution < 1.29 is 127 Å². The van der Waals surface area contributed by atoms with Crippen molar-refractivity contribution in [1.82, 2.24) is 57.6 Å². The summed E-state index contributed by atoms with van der Waals surface area (Å²) in [6.07, 6.45) is -18.7. The number of aliphatic hydroxyl groups excluding tert-OH is 6. The Morgan fingerprint density at radius 3 is 2.00 bits per heavy atom. The average molecular weight is 1770 g/mol. The Morgan fingerprint density at radius 1 is 0.724 bits per heavy atom. The molecule has 22 N–H and O–H groups in total. The number of likely N-dealkylation sites (N-methyl/N-ethyl adjacent to an activating group) is 1. The van der Waals surface area contributed by atoms with Crippen LogP contribution in [0.25, 0.3) is 11.1 Å². The Bertz CT molecular complexity index is 5330. The van der Waals surface area contributed by atoms with Crippen molar-refractivity contribution >= 4 is 93.8 Å². The molecular weight excluding hydrogens is 1680 g/mol. The van der Waals surface area contributed by atoms with Gasteiger partial charge in [0, 0.05) is 48.4 Å². The van der Waals surface area contributed by atoms with E-state index < -0.39 is 265 Å². The molecule has 14 rings (SSSR count). The third-order valence-electron chi connectivity index (χ3n) is 21.2. The molecule has 0 aliphatic carbocycles. The number of phenolic OH excluding ortho intramolecular Hbond substituents is 3. The molecule has 123 heavy (non-hydrogen) atoms. The number of ether oxygens (including phenoxy) is 6. The topological polar surface area (TPSA) is 593 Å². The molecule has 7 aromatic rings. The van der Waals surface area contributed by atoms with Gasteiger partial charge < -0.3 is 128 Å². The van der Waals surface area contributed by atoms with Crippen LogP contribution < -0.4 is 79.0 Å². The summed E-state index contributed by atoms with van der Waals surface area (Å²) >= 11 is 20.1. The fourth-order valence-corrected chi connectivity index (χ4v) is 15.4. The van der Waals surface area contributed by atoms with Crippen LogP contribution in [-0.2, 0) is 70.3 Å². The van der Waals surface area contributed by atoms with Gasteiger partial charge in [-0.3, -0.25) is 52.9 Å². The molecule has 2 saturated heterocycles. The first kappa shape index (κ1) is 90.8.